The van der Waals surface area contributed by atoms with E-state index in [1.807, 2.05) is 24.3 Å². The first kappa shape index (κ1) is 10.7. The number of carbonyl (C=O) groups excluding carboxylic acids is 1. The van der Waals surface area contributed by atoms with Gasteiger partial charge >= 0.3 is 5.97 Å². The summed E-state index contributed by atoms with van der Waals surface area (Å²) in [5.41, 5.74) is 0. The quantitative estimate of drug-likeness (QED) is 0.325. The summed E-state index contributed by atoms with van der Waals surface area (Å²) >= 11 is 0. The number of ether oxygens (including phenoxy) is 1. The van der Waals surface area contributed by atoms with Gasteiger partial charge in [0.15, 0.2) is 0 Å². The predicted molar refractivity (Wildman–Crippen MR) is 59.4 cm³/mol. The number of rotatable bonds is 3. The lowest BCUT2D eigenvalue weighted by molar-refractivity contribution is -0.128. The molecule has 1 rings (SSSR count). The van der Waals surface area contributed by atoms with Gasteiger partial charge in [0.1, 0.15) is 5.75 Å². The summed E-state index contributed by atoms with van der Waals surface area (Å²) in [6, 6.07) is 7.63. The van der Waals surface area contributed by atoms with Gasteiger partial charge in [0.2, 0.25) is 0 Å². The number of esters is 1. The molecule has 1 radical (unpaired) electrons. The molecule has 0 aromatic heterocycles. The molecular formula is C11H13O2Si. The highest BCUT2D eigenvalue weighted by atomic mass is 28.3. The standard InChI is InChI=1S/C11H13O2Si/c1-4-11(12)13-9-7-5-6-8-10(9)14(2)3/h4-8H,1H2,2-3H3. The normalized spacial score (nSPS) is 9.93. The summed E-state index contributed by atoms with van der Waals surface area (Å²) < 4.78 is 5.12. The van der Waals surface area contributed by atoms with E-state index in [0.717, 1.165) is 5.19 Å². The Morgan fingerprint density at radius 1 is 1.43 bits per heavy atom. The van der Waals surface area contributed by atoms with Crippen molar-refractivity contribution in [2.24, 2.45) is 0 Å². The maximum absolute atomic E-state index is 11.0. The molecule has 0 heterocycles. The fourth-order valence-corrected chi connectivity index (χ4v) is 2.18. The first-order chi connectivity index (χ1) is 6.65. The van der Waals surface area contributed by atoms with Gasteiger partial charge in [0.25, 0.3) is 0 Å². The lowest BCUT2D eigenvalue weighted by Gasteiger charge is -2.09. The maximum Gasteiger partial charge on any atom is 0.335 e. The number of hydrogen-bond donors (Lipinski definition) is 0. The molecule has 73 valence electrons. The second kappa shape index (κ2) is 4.76. The summed E-state index contributed by atoms with van der Waals surface area (Å²) in [5.74, 6) is 0.261. The smallest absolute Gasteiger partial charge is 0.335 e. The zero-order valence-corrected chi connectivity index (χ0v) is 9.41. The minimum Gasteiger partial charge on any atom is -0.424 e. The van der Waals surface area contributed by atoms with Gasteiger partial charge in [-0.1, -0.05) is 37.9 Å². The molecule has 1 aromatic carbocycles. The van der Waals surface area contributed by atoms with E-state index in [-0.39, 0.29) is 0 Å². The average molecular weight is 205 g/mol. The lowest BCUT2D eigenvalue weighted by Crippen LogP contribution is -2.25. The zero-order chi connectivity index (χ0) is 10.6. The highest BCUT2D eigenvalue weighted by molar-refractivity contribution is 6.71. The molecule has 0 atom stereocenters. The molecule has 0 unspecified atom stereocenters. The van der Waals surface area contributed by atoms with Crippen molar-refractivity contribution in [3.63, 3.8) is 0 Å². The largest absolute Gasteiger partial charge is 0.424 e. The van der Waals surface area contributed by atoms with Crippen molar-refractivity contribution >= 4 is 20.0 Å². The number of hydrogen-bond acceptors (Lipinski definition) is 2. The Morgan fingerprint density at radius 2 is 2.07 bits per heavy atom. The molecule has 14 heavy (non-hydrogen) atoms. The van der Waals surface area contributed by atoms with E-state index in [4.69, 9.17) is 4.74 Å². The van der Waals surface area contributed by atoms with Crippen LogP contribution in [0.2, 0.25) is 13.1 Å². The van der Waals surface area contributed by atoms with E-state index in [1.165, 1.54) is 6.08 Å². The topological polar surface area (TPSA) is 26.3 Å². The molecule has 2 nitrogen and oxygen atoms in total. The van der Waals surface area contributed by atoms with Crippen molar-refractivity contribution < 1.29 is 9.53 Å². The Morgan fingerprint density at radius 3 is 2.64 bits per heavy atom. The van der Waals surface area contributed by atoms with E-state index >= 15 is 0 Å². The molecule has 1 aromatic rings. The molecule has 0 bridgehead atoms. The van der Waals surface area contributed by atoms with Crippen LogP contribution in [0, 0.1) is 0 Å². The molecule has 0 fully saturated rings. The number of carbonyl (C=O) groups is 1. The van der Waals surface area contributed by atoms with Gasteiger partial charge in [-0.3, -0.25) is 0 Å². The monoisotopic (exact) mass is 205 g/mol. The molecule has 0 N–H and O–H groups in total. The van der Waals surface area contributed by atoms with Crippen LogP contribution < -0.4 is 9.92 Å². The average Bonchev–Trinajstić information content (AvgIpc) is 2.18. The Hall–Kier alpha value is -1.35. The van der Waals surface area contributed by atoms with Gasteiger partial charge in [-0.15, -0.1) is 0 Å². The molecule has 0 spiro atoms. The van der Waals surface area contributed by atoms with Crippen LogP contribution in [0.25, 0.3) is 0 Å². The predicted octanol–water partition coefficient (Wildman–Crippen LogP) is 1.74. The molecule has 0 aliphatic rings. The van der Waals surface area contributed by atoms with Crippen LogP contribution in [-0.4, -0.2) is 14.8 Å². The Balaban J connectivity index is 2.95. The van der Waals surface area contributed by atoms with Crippen molar-refractivity contribution in [2.75, 3.05) is 0 Å². The Kier molecular flexibility index (Phi) is 3.65. The Bertz CT molecular complexity index is 345. The lowest BCUT2D eigenvalue weighted by atomic mass is 10.3. The van der Waals surface area contributed by atoms with Crippen LogP contribution in [0.1, 0.15) is 0 Å². The molecule has 0 aliphatic carbocycles. The zero-order valence-electron chi connectivity index (χ0n) is 8.41. The molecule has 0 saturated carbocycles. The fourth-order valence-electron chi connectivity index (χ4n) is 1.12. The fraction of sp³-hybridized carbons (Fsp3) is 0.182. The molecular weight excluding hydrogens is 192 g/mol. The highest BCUT2D eigenvalue weighted by Gasteiger charge is 2.09. The first-order valence-corrected chi connectivity index (χ1v) is 6.89. The van der Waals surface area contributed by atoms with Crippen LogP contribution in [0.4, 0.5) is 0 Å². The third kappa shape index (κ3) is 2.57. The van der Waals surface area contributed by atoms with Crippen molar-refractivity contribution in [3.8, 4) is 5.75 Å². The second-order valence-corrected chi connectivity index (χ2v) is 5.66. The maximum atomic E-state index is 11.0. The van der Waals surface area contributed by atoms with Crippen molar-refractivity contribution in [2.45, 2.75) is 13.1 Å². The summed E-state index contributed by atoms with van der Waals surface area (Å²) in [7, 11) is -0.607. The summed E-state index contributed by atoms with van der Waals surface area (Å²) in [6.07, 6.45) is 1.18. The van der Waals surface area contributed by atoms with Crippen molar-refractivity contribution in [3.05, 3.63) is 36.9 Å². The third-order valence-corrected chi connectivity index (χ3v) is 3.29. The van der Waals surface area contributed by atoms with Gasteiger partial charge in [0.05, 0.1) is 8.80 Å². The summed E-state index contributed by atoms with van der Waals surface area (Å²) in [6.45, 7) is 7.68. The van der Waals surface area contributed by atoms with Crippen LogP contribution in [0.15, 0.2) is 36.9 Å². The molecule has 0 aliphatic heterocycles. The second-order valence-electron chi connectivity index (χ2n) is 3.12. The number of benzene rings is 1. The minimum absolute atomic E-state index is 0.402. The molecule has 0 amide bonds. The summed E-state index contributed by atoms with van der Waals surface area (Å²) in [4.78, 5) is 11.0. The van der Waals surface area contributed by atoms with Gasteiger partial charge in [-0.2, -0.15) is 0 Å². The Labute approximate surface area is 85.8 Å². The van der Waals surface area contributed by atoms with Gasteiger partial charge in [0, 0.05) is 6.08 Å². The first-order valence-electron chi connectivity index (χ1n) is 4.39. The van der Waals surface area contributed by atoms with Crippen LogP contribution >= 0.6 is 0 Å². The van der Waals surface area contributed by atoms with E-state index < -0.39 is 14.8 Å². The van der Waals surface area contributed by atoms with Gasteiger partial charge in [-0.05, 0) is 11.3 Å². The molecule has 3 heteroatoms. The third-order valence-electron chi connectivity index (χ3n) is 1.80. The minimum atomic E-state index is -0.607. The highest BCUT2D eigenvalue weighted by Crippen LogP contribution is 2.08. The van der Waals surface area contributed by atoms with E-state index in [2.05, 4.69) is 19.7 Å². The van der Waals surface area contributed by atoms with Gasteiger partial charge < -0.3 is 4.74 Å². The van der Waals surface area contributed by atoms with E-state index in [1.54, 1.807) is 0 Å². The van der Waals surface area contributed by atoms with Crippen molar-refractivity contribution in [1.82, 2.24) is 0 Å². The SMILES string of the molecule is C=CC(=O)Oc1ccccc1[Si](C)C. The van der Waals surface area contributed by atoms with E-state index in [0.29, 0.717) is 5.75 Å². The van der Waals surface area contributed by atoms with Crippen LogP contribution in [0.3, 0.4) is 0 Å². The molecule has 0 saturated heterocycles. The van der Waals surface area contributed by atoms with E-state index in [9.17, 15) is 4.79 Å². The number of para-hydroxylation sites is 1. The summed E-state index contributed by atoms with van der Waals surface area (Å²) in [5, 5.41) is 1.13. The van der Waals surface area contributed by atoms with Crippen LogP contribution in [0.5, 0.6) is 5.75 Å². The van der Waals surface area contributed by atoms with Gasteiger partial charge in [-0.25, -0.2) is 4.79 Å². The van der Waals surface area contributed by atoms with Crippen LogP contribution in [-0.2, 0) is 4.79 Å². The van der Waals surface area contributed by atoms with Crippen molar-refractivity contribution in [1.29, 1.82) is 0 Å².